The number of hydrogen-bond acceptors (Lipinski definition) is 5. The van der Waals surface area contributed by atoms with Gasteiger partial charge >= 0.3 is 0 Å². The van der Waals surface area contributed by atoms with Crippen LogP contribution in [-0.4, -0.2) is 38.0 Å². The van der Waals surface area contributed by atoms with E-state index in [1.807, 2.05) is 31.2 Å². The van der Waals surface area contributed by atoms with Crippen molar-refractivity contribution in [2.24, 2.45) is 0 Å². The number of pyridine rings is 1. The highest BCUT2D eigenvalue weighted by atomic mass is 16.5. The van der Waals surface area contributed by atoms with Crippen LogP contribution in [0.2, 0.25) is 0 Å². The Morgan fingerprint density at radius 1 is 1.11 bits per heavy atom. The average molecular weight is 375 g/mol. The average Bonchev–Trinajstić information content (AvgIpc) is 3.19. The first-order chi connectivity index (χ1) is 13.5. The Labute approximate surface area is 162 Å². The number of carbonyl (C=O) groups is 1. The molecule has 0 unspecified atom stereocenters. The Morgan fingerprint density at radius 2 is 1.89 bits per heavy atom. The highest BCUT2D eigenvalue weighted by molar-refractivity contribution is 5.84. The van der Waals surface area contributed by atoms with E-state index in [0.717, 1.165) is 33.3 Å². The third-order valence-corrected chi connectivity index (χ3v) is 4.84. The molecule has 0 atom stereocenters. The predicted octanol–water partition coefficient (Wildman–Crippen LogP) is 3.14. The molecule has 1 amide bonds. The van der Waals surface area contributed by atoms with E-state index in [1.54, 1.807) is 23.4 Å². The summed E-state index contributed by atoms with van der Waals surface area (Å²) in [5.74, 6) is 0.782. The highest BCUT2D eigenvalue weighted by Gasteiger charge is 2.16. The Bertz CT molecular complexity index is 1150. The Balaban J connectivity index is 1.69. The number of rotatable bonds is 5. The fraction of sp³-hybridized carbons (Fsp3) is 0.238. The lowest BCUT2D eigenvalue weighted by molar-refractivity contribution is -0.130. The second-order valence-corrected chi connectivity index (χ2v) is 6.87. The lowest BCUT2D eigenvalue weighted by Gasteiger charge is -2.22. The van der Waals surface area contributed by atoms with Crippen molar-refractivity contribution < 1.29 is 9.53 Å². The van der Waals surface area contributed by atoms with E-state index in [9.17, 15) is 4.79 Å². The molecular weight excluding hydrogens is 354 g/mol. The topological polar surface area (TPSA) is 72.6 Å². The van der Waals surface area contributed by atoms with Gasteiger partial charge in [-0.3, -0.25) is 4.79 Å². The van der Waals surface area contributed by atoms with Crippen LogP contribution in [0.25, 0.3) is 16.6 Å². The standard InChI is InChI=1S/C21H21N5O2/c1-14-4-7-17-11-18(21-22-23-24-26(21)20(17)10-14)13-25(15(2)27)12-16-5-8-19(28-3)9-6-16/h4-11H,12-13H2,1-3H3. The van der Waals surface area contributed by atoms with Crippen molar-refractivity contribution in [1.29, 1.82) is 0 Å². The number of tetrazole rings is 1. The van der Waals surface area contributed by atoms with E-state index in [4.69, 9.17) is 4.74 Å². The molecule has 2 aromatic carbocycles. The number of aryl methyl sites for hydroxylation is 1. The molecule has 0 aliphatic rings. The minimum absolute atomic E-state index is 0.00885. The molecule has 7 heteroatoms. The van der Waals surface area contributed by atoms with Crippen molar-refractivity contribution in [3.05, 3.63) is 65.2 Å². The van der Waals surface area contributed by atoms with Gasteiger partial charge < -0.3 is 9.64 Å². The summed E-state index contributed by atoms with van der Waals surface area (Å²) >= 11 is 0. The molecule has 0 aliphatic heterocycles. The number of carbonyl (C=O) groups excluding carboxylic acids is 1. The number of fused-ring (bicyclic) bond motifs is 3. The van der Waals surface area contributed by atoms with Crippen molar-refractivity contribution in [3.8, 4) is 5.75 Å². The van der Waals surface area contributed by atoms with Crippen LogP contribution in [-0.2, 0) is 17.9 Å². The van der Waals surface area contributed by atoms with E-state index in [2.05, 4.69) is 39.8 Å². The normalized spacial score (nSPS) is 11.1. The number of methoxy groups -OCH3 is 1. The van der Waals surface area contributed by atoms with Crippen LogP contribution in [0.1, 0.15) is 23.6 Å². The number of hydrogen-bond donors (Lipinski definition) is 0. The summed E-state index contributed by atoms with van der Waals surface area (Å²) in [6.45, 7) is 4.54. The van der Waals surface area contributed by atoms with Gasteiger partial charge in [0, 0.05) is 31.0 Å². The van der Waals surface area contributed by atoms with Gasteiger partial charge in [-0.05, 0) is 52.7 Å². The molecule has 0 saturated carbocycles. The maximum atomic E-state index is 12.3. The molecule has 0 fully saturated rings. The lowest BCUT2D eigenvalue weighted by atomic mass is 10.1. The lowest BCUT2D eigenvalue weighted by Crippen LogP contribution is -2.28. The maximum Gasteiger partial charge on any atom is 0.220 e. The molecule has 4 aromatic rings. The second-order valence-electron chi connectivity index (χ2n) is 6.87. The number of aromatic nitrogens is 4. The number of nitrogens with zero attached hydrogens (tertiary/aromatic N) is 5. The molecule has 0 radical (unpaired) electrons. The molecule has 0 spiro atoms. The molecule has 2 heterocycles. The van der Waals surface area contributed by atoms with E-state index in [1.165, 1.54) is 0 Å². The summed E-state index contributed by atoms with van der Waals surface area (Å²) in [4.78, 5) is 14.1. The van der Waals surface area contributed by atoms with Gasteiger partial charge in [-0.2, -0.15) is 4.52 Å². The van der Waals surface area contributed by atoms with Gasteiger partial charge in [0.15, 0.2) is 5.65 Å². The van der Waals surface area contributed by atoms with Gasteiger partial charge in [0.25, 0.3) is 0 Å². The van der Waals surface area contributed by atoms with Crippen LogP contribution in [0.3, 0.4) is 0 Å². The monoisotopic (exact) mass is 375 g/mol. The molecule has 4 rings (SSSR count). The fourth-order valence-corrected chi connectivity index (χ4v) is 3.31. The third-order valence-electron chi connectivity index (χ3n) is 4.84. The predicted molar refractivity (Wildman–Crippen MR) is 106 cm³/mol. The van der Waals surface area contributed by atoms with E-state index < -0.39 is 0 Å². The molecule has 2 aromatic heterocycles. The summed E-state index contributed by atoms with van der Waals surface area (Å²) in [5, 5.41) is 13.2. The van der Waals surface area contributed by atoms with Crippen LogP contribution in [0.4, 0.5) is 0 Å². The van der Waals surface area contributed by atoms with Crippen LogP contribution in [0.15, 0.2) is 48.5 Å². The minimum atomic E-state index is -0.00885. The molecular formula is C21H21N5O2. The first kappa shape index (κ1) is 17.9. The maximum absolute atomic E-state index is 12.3. The second kappa shape index (κ2) is 7.26. The van der Waals surface area contributed by atoms with Crippen LogP contribution >= 0.6 is 0 Å². The van der Waals surface area contributed by atoms with Crippen molar-refractivity contribution >= 4 is 22.5 Å². The van der Waals surface area contributed by atoms with E-state index >= 15 is 0 Å². The van der Waals surface area contributed by atoms with E-state index in [0.29, 0.717) is 18.7 Å². The molecule has 0 aliphatic carbocycles. The third kappa shape index (κ3) is 3.38. The summed E-state index contributed by atoms with van der Waals surface area (Å²) in [7, 11) is 1.63. The smallest absolute Gasteiger partial charge is 0.220 e. The largest absolute Gasteiger partial charge is 0.497 e. The number of ether oxygens (including phenoxy) is 1. The van der Waals surface area contributed by atoms with Gasteiger partial charge in [-0.15, -0.1) is 5.10 Å². The summed E-state index contributed by atoms with van der Waals surface area (Å²) < 4.78 is 6.94. The molecule has 142 valence electrons. The van der Waals surface area contributed by atoms with Crippen molar-refractivity contribution in [3.63, 3.8) is 0 Å². The zero-order valence-electron chi connectivity index (χ0n) is 16.1. The fourth-order valence-electron chi connectivity index (χ4n) is 3.31. The molecule has 0 saturated heterocycles. The summed E-state index contributed by atoms with van der Waals surface area (Å²) in [6.07, 6.45) is 0. The molecule has 7 nitrogen and oxygen atoms in total. The van der Waals surface area contributed by atoms with Crippen LogP contribution in [0.5, 0.6) is 5.75 Å². The SMILES string of the molecule is COc1ccc(CN(Cc2cc3ccc(C)cc3n3nnnc23)C(C)=O)cc1. The van der Waals surface area contributed by atoms with Crippen molar-refractivity contribution in [1.82, 2.24) is 24.9 Å². The molecule has 28 heavy (non-hydrogen) atoms. The zero-order valence-corrected chi connectivity index (χ0v) is 16.1. The first-order valence-corrected chi connectivity index (χ1v) is 9.04. The van der Waals surface area contributed by atoms with Crippen LogP contribution in [0, 0.1) is 6.92 Å². The van der Waals surface area contributed by atoms with Gasteiger partial charge in [-0.25, -0.2) is 0 Å². The Morgan fingerprint density at radius 3 is 2.61 bits per heavy atom. The Hall–Kier alpha value is -3.48. The minimum Gasteiger partial charge on any atom is -0.497 e. The van der Waals surface area contributed by atoms with Crippen molar-refractivity contribution in [2.45, 2.75) is 26.9 Å². The van der Waals surface area contributed by atoms with E-state index in [-0.39, 0.29) is 5.91 Å². The number of benzene rings is 2. The number of amides is 1. The van der Waals surface area contributed by atoms with Crippen molar-refractivity contribution in [2.75, 3.05) is 7.11 Å². The van der Waals surface area contributed by atoms with Gasteiger partial charge in [0.1, 0.15) is 5.75 Å². The highest BCUT2D eigenvalue weighted by Crippen LogP contribution is 2.22. The van der Waals surface area contributed by atoms with Gasteiger partial charge in [0.2, 0.25) is 5.91 Å². The summed E-state index contributed by atoms with van der Waals surface area (Å²) in [6, 6.07) is 15.9. The first-order valence-electron chi connectivity index (χ1n) is 9.04. The Kier molecular flexibility index (Phi) is 4.65. The molecule has 0 N–H and O–H groups in total. The quantitative estimate of drug-likeness (QED) is 0.536. The van der Waals surface area contributed by atoms with Gasteiger partial charge in [-0.1, -0.05) is 24.3 Å². The summed E-state index contributed by atoms with van der Waals surface area (Å²) in [5.41, 5.74) is 4.70. The van der Waals surface area contributed by atoms with Gasteiger partial charge in [0.05, 0.1) is 12.6 Å². The van der Waals surface area contributed by atoms with Crippen LogP contribution < -0.4 is 4.74 Å². The molecule has 0 bridgehead atoms. The zero-order chi connectivity index (χ0) is 19.7.